The van der Waals surface area contributed by atoms with Gasteiger partial charge in [0.25, 0.3) is 0 Å². The van der Waals surface area contributed by atoms with Crippen molar-refractivity contribution in [1.82, 2.24) is 19.7 Å². The van der Waals surface area contributed by atoms with Gasteiger partial charge in [-0.05, 0) is 39.7 Å². The molecule has 3 aromatic heterocycles. The first-order valence-corrected chi connectivity index (χ1v) is 9.64. The lowest BCUT2D eigenvalue weighted by Gasteiger charge is -2.11. The van der Waals surface area contributed by atoms with Crippen molar-refractivity contribution in [2.24, 2.45) is 0 Å². The normalized spacial score (nSPS) is 14.6. The van der Waals surface area contributed by atoms with Crippen LogP contribution in [0.4, 0.5) is 18.3 Å². The molecule has 1 aliphatic carbocycles. The van der Waals surface area contributed by atoms with Gasteiger partial charge in [-0.2, -0.15) is 18.3 Å². The van der Waals surface area contributed by atoms with Crippen molar-refractivity contribution in [1.29, 1.82) is 0 Å². The maximum Gasteiger partial charge on any atom is 0.417 e. The Kier molecular flexibility index (Phi) is 4.40. The molecule has 10 heteroatoms. The Morgan fingerprint density at radius 1 is 1.25 bits per heavy atom. The van der Waals surface area contributed by atoms with Crippen LogP contribution >= 0.6 is 11.3 Å². The smallest absolute Gasteiger partial charge is 0.300 e. The molecule has 0 unspecified atom stereocenters. The number of aromatic nitrogens is 4. The molecule has 28 heavy (non-hydrogen) atoms. The lowest BCUT2D eigenvalue weighted by atomic mass is 10.1. The van der Waals surface area contributed by atoms with Crippen molar-refractivity contribution in [3.05, 3.63) is 33.6 Å². The topological polar surface area (TPSA) is 72.7 Å². The molecule has 1 N–H and O–H groups in total. The summed E-state index contributed by atoms with van der Waals surface area (Å²) in [5, 5.41) is 7.25. The highest BCUT2D eigenvalue weighted by Crippen LogP contribution is 2.43. The first-order chi connectivity index (χ1) is 13.1. The third-order valence-corrected chi connectivity index (χ3v) is 5.75. The molecule has 0 aromatic carbocycles. The first kappa shape index (κ1) is 18.9. The van der Waals surface area contributed by atoms with Crippen LogP contribution in [0.2, 0.25) is 0 Å². The SMILES string of the molecule is Cc1nc(NC(=O)Cn2nc(C)c3c(C(F)(F)F)cc(C4CC4)nc32)sc1C. The molecule has 0 bridgehead atoms. The summed E-state index contributed by atoms with van der Waals surface area (Å²) in [5.74, 6) is -0.366. The predicted octanol–water partition coefficient (Wildman–Crippen LogP) is 4.35. The van der Waals surface area contributed by atoms with Gasteiger partial charge in [0.05, 0.1) is 22.3 Å². The van der Waals surface area contributed by atoms with Crippen molar-refractivity contribution >= 4 is 33.4 Å². The summed E-state index contributed by atoms with van der Waals surface area (Å²) < 4.78 is 42.1. The molecule has 1 saturated carbocycles. The lowest BCUT2D eigenvalue weighted by Crippen LogP contribution is -2.20. The monoisotopic (exact) mass is 409 g/mol. The fourth-order valence-corrected chi connectivity index (χ4v) is 3.95. The minimum atomic E-state index is -4.51. The molecule has 0 atom stereocenters. The molecule has 6 nitrogen and oxygen atoms in total. The summed E-state index contributed by atoms with van der Waals surface area (Å²) in [7, 11) is 0. The van der Waals surface area contributed by atoms with E-state index in [1.807, 2.05) is 13.8 Å². The highest BCUT2D eigenvalue weighted by atomic mass is 32.1. The van der Waals surface area contributed by atoms with Gasteiger partial charge in [0, 0.05) is 16.5 Å². The zero-order chi connectivity index (χ0) is 20.2. The van der Waals surface area contributed by atoms with E-state index >= 15 is 0 Å². The van der Waals surface area contributed by atoms with Crippen molar-refractivity contribution in [3.63, 3.8) is 0 Å². The van der Waals surface area contributed by atoms with E-state index in [0.717, 1.165) is 29.5 Å². The Morgan fingerprint density at radius 2 is 1.96 bits per heavy atom. The Hall–Kier alpha value is -2.49. The summed E-state index contributed by atoms with van der Waals surface area (Å²) in [4.78, 5) is 22.1. The zero-order valence-electron chi connectivity index (χ0n) is 15.5. The minimum absolute atomic E-state index is 0.0456. The Balaban J connectivity index is 1.71. The highest BCUT2D eigenvalue weighted by Gasteiger charge is 2.37. The molecular formula is C18H18F3N5OS. The summed E-state index contributed by atoms with van der Waals surface area (Å²) in [6.45, 7) is 5.00. The minimum Gasteiger partial charge on any atom is -0.300 e. The summed E-state index contributed by atoms with van der Waals surface area (Å²) in [6, 6.07) is 1.13. The van der Waals surface area contributed by atoms with Crippen LogP contribution in [0.3, 0.4) is 0 Å². The van der Waals surface area contributed by atoms with Gasteiger partial charge in [0.2, 0.25) is 5.91 Å². The highest BCUT2D eigenvalue weighted by molar-refractivity contribution is 7.15. The van der Waals surface area contributed by atoms with E-state index in [-0.39, 0.29) is 29.2 Å². The Bertz CT molecular complexity index is 1060. The lowest BCUT2D eigenvalue weighted by molar-refractivity contribution is -0.136. The molecule has 1 fully saturated rings. The number of hydrogen-bond acceptors (Lipinski definition) is 5. The maximum absolute atomic E-state index is 13.6. The third-order valence-electron chi connectivity index (χ3n) is 4.77. The average molecular weight is 409 g/mol. The molecule has 1 amide bonds. The molecule has 3 heterocycles. The van der Waals surface area contributed by atoms with Gasteiger partial charge in [-0.25, -0.2) is 14.6 Å². The fraction of sp³-hybridized carbons (Fsp3) is 0.444. The van der Waals surface area contributed by atoms with E-state index in [9.17, 15) is 18.0 Å². The van der Waals surface area contributed by atoms with Crippen LogP contribution in [-0.2, 0) is 17.5 Å². The number of fused-ring (bicyclic) bond motifs is 1. The number of carbonyl (C=O) groups excluding carboxylic acids is 1. The van der Waals surface area contributed by atoms with E-state index < -0.39 is 17.6 Å². The van der Waals surface area contributed by atoms with Crippen molar-refractivity contribution in [2.45, 2.75) is 52.3 Å². The average Bonchev–Trinajstić information content (AvgIpc) is 3.33. The number of alkyl halides is 3. The van der Waals surface area contributed by atoms with Gasteiger partial charge in [-0.15, -0.1) is 11.3 Å². The second-order valence-electron chi connectivity index (χ2n) is 7.02. The van der Waals surface area contributed by atoms with Crippen molar-refractivity contribution < 1.29 is 18.0 Å². The number of halogens is 3. The second kappa shape index (κ2) is 6.54. The van der Waals surface area contributed by atoms with E-state index in [2.05, 4.69) is 20.4 Å². The van der Waals surface area contributed by atoms with Gasteiger partial charge in [0.15, 0.2) is 10.8 Å². The number of aryl methyl sites for hydroxylation is 3. The molecule has 148 valence electrons. The van der Waals surface area contributed by atoms with Gasteiger partial charge < -0.3 is 5.32 Å². The summed E-state index contributed by atoms with van der Waals surface area (Å²) in [5.41, 5.74) is 0.787. The predicted molar refractivity (Wildman–Crippen MR) is 99.5 cm³/mol. The van der Waals surface area contributed by atoms with E-state index in [4.69, 9.17) is 0 Å². The first-order valence-electron chi connectivity index (χ1n) is 8.82. The molecule has 0 radical (unpaired) electrons. The number of nitrogens with zero attached hydrogens (tertiary/aromatic N) is 4. The number of pyridine rings is 1. The van der Waals surface area contributed by atoms with Crippen LogP contribution < -0.4 is 5.32 Å². The van der Waals surface area contributed by atoms with Gasteiger partial charge in [-0.3, -0.25) is 4.79 Å². The van der Waals surface area contributed by atoms with E-state index in [1.54, 1.807) is 0 Å². The molecular weight excluding hydrogens is 391 g/mol. The number of carbonyl (C=O) groups is 1. The van der Waals surface area contributed by atoms with Crippen LogP contribution in [0, 0.1) is 20.8 Å². The Labute approximate surface area is 162 Å². The number of amides is 1. The third kappa shape index (κ3) is 3.48. The largest absolute Gasteiger partial charge is 0.417 e. The molecule has 1 aliphatic rings. The molecule has 0 saturated heterocycles. The Morgan fingerprint density at radius 3 is 2.54 bits per heavy atom. The van der Waals surface area contributed by atoms with Crippen LogP contribution in [-0.4, -0.2) is 25.7 Å². The second-order valence-corrected chi connectivity index (χ2v) is 8.22. The van der Waals surface area contributed by atoms with Crippen molar-refractivity contribution in [2.75, 3.05) is 5.32 Å². The zero-order valence-corrected chi connectivity index (χ0v) is 16.3. The number of hydrogen-bond donors (Lipinski definition) is 1. The standard InChI is InChI=1S/C18H18F3N5OS/c1-8-10(3)28-17(22-8)24-14(27)7-26-16-15(9(2)25-26)12(18(19,20)21)6-13(23-16)11-4-5-11/h6,11H,4-5,7H2,1-3H3,(H,22,24,27). The van der Waals surface area contributed by atoms with Crippen LogP contribution in [0.25, 0.3) is 11.0 Å². The van der Waals surface area contributed by atoms with Crippen LogP contribution in [0.1, 0.15) is 46.3 Å². The molecule has 4 rings (SSSR count). The molecule has 3 aromatic rings. The van der Waals surface area contributed by atoms with Crippen LogP contribution in [0.15, 0.2) is 6.07 Å². The summed E-state index contributed by atoms with van der Waals surface area (Å²) >= 11 is 1.35. The number of rotatable bonds is 4. The van der Waals surface area contributed by atoms with E-state index in [1.165, 1.54) is 22.9 Å². The number of anilines is 1. The molecule has 0 aliphatic heterocycles. The number of thiazole rings is 1. The quantitative estimate of drug-likeness (QED) is 0.695. The van der Waals surface area contributed by atoms with Crippen molar-refractivity contribution in [3.8, 4) is 0 Å². The molecule has 0 spiro atoms. The van der Waals surface area contributed by atoms with E-state index in [0.29, 0.717) is 10.8 Å². The van der Waals surface area contributed by atoms with Gasteiger partial charge >= 0.3 is 6.18 Å². The fourth-order valence-electron chi connectivity index (χ4n) is 3.12. The van der Waals surface area contributed by atoms with Crippen LogP contribution in [0.5, 0.6) is 0 Å². The van der Waals surface area contributed by atoms with Gasteiger partial charge in [-0.1, -0.05) is 0 Å². The maximum atomic E-state index is 13.6. The van der Waals surface area contributed by atoms with Gasteiger partial charge in [0.1, 0.15) is 6.54 Å². The number of nitrogens with one attached hydrogen (secondary N) is 1. The summed E-state index contributed by atoms with van der Waals surface area (Å²) in [6.07, 6.45) is -2.86.